The molecule has 2 fully saturated rings. The molecule has 0 aromatic carbocycles. The van der Waals surface area contributed by atoms with E-state index in [0.717, 1.165) is 24.3 Å². The first-order chi connectivity index (χ1) is 8.24. The lowest BCUT2D eigenvalue weighted by Gasteiger charge is -2.16. The molecule has 0 bridgehead atoms. The number of hydrogen-bond donors (Lipinski definition) is 1. The fourth-order valence-electron chi connectivity index (χ4n) is 2.39. The van der Waals surface area contributed by atoms with Gasteiger partial charge in [0, 0.05) is 6.54 Å². The van der Waals surface area contributed by atoms with E-state index in [1.807, 2.05) is 0 Å². The lowest BCUT2D eigenvalue weighted by Crippen LogP contribution is -2.19. The van der Waals surface area contributed by atoms with Gasteiger partial charge in [0.2, 0.25) is 5.28 Å². The highest BCUT2D eigenvalue weighted by molar-refractivity contribution is 6.32. The summed E-state index contributed by atoms with van der Waals surface area (Å²) in [5.74, 6) is 3.12. The second-order valence-electron chi connectivity index (χ2n) is 4.94. The van der Waals surface area contributed by atoms with E-state index in [0.29, 0.717) is 11.0 Å². The molecular weight excluding hydrogens is 259 g/mol. The van der Waals surface area contributed by atoms with E-state index in [4.69, 9.17) is 23.2 Å². The van der Waals surface area contributed by atoms with Gasteiger partial charge in [0.15, 0.2) is 11.0 Å². The molecule has 0 spiro atoms. The summed E-state index contributed by atoms with van der Waals surface area (Å²) in [6.07, 6.45) is 5.50. The van der Waals surface area contributed by atoms with Gasteiger partial charge >= 0.3 is 0 Å². The molecule has 0 aliphatic heterocycles. The van der Waals surface area contributed by atoms with E-state index in [-0.39, 0.29) is 5.28 Å². The molecule has 4 nitrogen and oxygen atoms in total. The van der Waals surface area contributed by atoms with Gasteiger partial charge in [0.05, 0.1) is 0 Å². The Morgan fingerprint density at radius 1 is 1.12 bits per heavy atom. The maximum atomic E-state index is 5.91. The summed E-state index contributed by atoms with van der Waals surface area (Å²) < 4.78 is 0. The Kier molecular flexibility index (Phi) is 3.09. The van der Waals surface area contributed by atoms with Crippen LogP contribution < -0.4 is 5.32 Å². The van der Waals surface area contributed by atoms with Gasteiger partial charge in [-0.2, -0.15) is 4.98 Å². The minimum Gasteiger partial charge on any atom is -0.367 e. The van der Waals surface area contributed by atoms with Crippen molar-refractivity contribution >= 4 is 29.0 Å². The Labute approximate surface area is 110 Å². The number of nitrogens with one attached hydrogen (secondary N) is 1. The second kappa shape index (κ2) is 4.58. The summed E-state index contributed by atoms with van der Waals surface area (Å²) >= 11 is 11.6. The van der Waals surface area contributed by atoms with Crippen molar-refractivity contribution < 1.29 is 0 Å². The molecule has 0 radical (unpaired) electrons. The van der Waals surface area contributed by atoms with Crippen LogP contribution in [0.15, 0.2) is 0 Å². The van der Waals surface area contributed by atoms with Crippen molar-refractivity contribution in [3.63, 3.8) is 0 Å². The molecule has 1 aromatic heterocycles. The number of nitrogens with zero attached hydrogens (tertiary/aromatic N) is 3. The van der Waals surface area contributed by atoms with Crippen molar-refractivity contribution in [2.75, 3.05) is 11.9 Å². The Balaban J connectivity index is 1.63. The van der Waals surface area contributed by atoms with E-state index < -0.39 is 0 Å². The quantitative estimate of drug-likeness (QED) is 0.895. The molecule has 1 N–H and O–H groups in total. The minimum atomic E-state index is 0.131. The van der Waals surface area contributed by atoms with Crippen LogP contribution in [0, 0.1) is 17.8 Å². The predicted octanol–water partition coefficient (Wildman–Crippen LogP) is 3.03. The summed E-state index contributed by atoms with van der Waals surface area (Å²) in [7, 11) is 0. The van der Waals surface area contributed by atoms with Crippen LogP contribution in [0.3, 0.4) is 0 Å². The van der Waals surface area contributed by atoms with Crippen LogP contribution in [-0.2, 0) is 0 Å². The smallest absolute Gasteiger partial charge is 0.245 e. The van der Waals surface area contributed by atoms with Gasteiger partial charge in [0.1, 0.15) is 0 Å². The standard InChI is InChI=1S/C11H14Cl2N4/c12-9-10(15-11(13)17-16-9)14-5-8(6-1-2-6)7-3-4-7/h6-8H,1-5H2,(H,14,15,17). The van der Waals surface area contributed by atoms with Gasteiger partial charge in [-0.3, -0.25) is 0 Å². The van der Waals surface area contributed by atoms with E-state index in [2.05, 4.69) is 20.5 Å². The lowest BCUT2D eigenvalue weighted by molar-refractivity contribution is 0.427. The average Bonchev–Trinajstić information content (AvgIpc) is 3.14. The van der Waals surface area contributed by atoms with E-state index in [1.54, 1.807) is 0 Å². The van der Waals surface area contributed by atoms with Crippen molar-refractivity contribution in [2.24, 2.45) is 17.8 Å². The third-order valence-electron chi connectivity index (χ3n) is 3.58. The molecule has 1 aromatic rings. The molecule has 2 aliphatic rings. The molecule has 2 aliphatic carbocycles. The first-order valence-electron chi connectivity index (χ1n) is 6.03. The average molecular weight is 273 g/mol. The minimum absolute atomic E-state index is 0.131. The van der Waals surface area contributed by atoms with Crippen LogP contribution in [0.1, 0.15) is 25.7 Å². The molecule has 3 rings (SSSR count). The van der Waals surface area contributed by atoms with Crippen molar-refractivity contribution in [1.82, 2.24) is 15.2 Å². The van der Waals surface area contributed by atoms with Crippen molar-refractivity contribution in [2.45, 2.75) is 25.7 Å². The molecule has 0 unspecified atom stereocenters. The van der Waals surface area contributed by atoms with Gasteiger partial charge in [-0.05, 0) is 55.0 Å². The van der Waals surface area contributed by atoms with Crippen LogP contribution >= 0.6 is 23.2 Å². The lowest BCUT2D eigenvalue weighted by atomic mass is 9.98. The Hall–Kier alpha value is -0.610. The van der Waals surface area contributed by atoms with Gasteiger partial charge in [-0.1, -0.05) is 11.6 Å². The van der Waals surface area contributed by atoms with Crippen LogP contribution in [0.4, 0.5) is 5.82 Å². The maximum absolute atomic E-state index is 5.91. The number of halogens is 2. The van der Waals surface area contributed by atoms with E-state index in [9.17, 15) is 0 Å². The zero-order chi connectivity index (χ0) is 11.8. The van der Waals surface area contributed by atoms with Crippen molar-refractivity contribution in [1.29, 1.82) is 0 Å². The summed E-state index contributed by atoms with van der Waals surface area (Å²) in [4.78, 5) is 4.05. The van der Waals surface area contributed by atoms with Crippen molar-refractivity contribution in [3.05, 3.63) is 10.4 Å². The molecular formula is C11H14Cl2N4. The molecule has 0 saturated heterocycles. The van der Waals surface area contributed by atoms with Crippen LogP contribution in [0.5, 0.6) is 0 Å². The van der Waals surface area contributed by atoms with Crippen LogP contribution in [0.25, 0.3) is 0 Å². The van der Waals surface area contributed by atoms with E-state index >= 15 is 0 Å². The maximum Gasteiger partial charge on any atom is 0.245 e. The highest BCUT2D eigenvalue weighted by atomic mass is 35.5. The molecule has 0 amide bonds. The number of hydrogen-bond acceptors (Lipinski definition) is 4. The third-order valence-corrected chi connectivity index (χ3v) is 3.99. The highest BCUT2D eigenvalue weighted by Gasteiger charge is 2.41. The first kappa shape index (κ1) is 11.5. The van der Waals surface area contributed by atoms with Gasteiger partial charge < -0.3 is 5.32 Å². The van der Waals surface area contributed by atoms with E-state index in [1.165, 1.54) is 25.7 Å². The number of anilines is 1. The van der Waals surface area contributed by atoms with Crippen LogP contribution in [-0.4, -0.2) is 21.7 Å². The molecule has 1 heterocycles. The summed E-state index contributed by atoms with van der Waals surface area (Å²) in [6, 6.07) is 0. The fraction of sp³-hybridized carbons (Fsp3) is 0.727. The molecule has 92 valence electrons. The summed E-state index contributed by atoms with van der Waals surface area (Å²) in [6.45, 7) is 0.921. The van der Waals surface area contributed by atoms with Crippen LogP contribution in [0.2, 0.25) is 10.4 Å². The first-order valence-corrected chi connectivity index (χ1v) is 6.79. The zero-order valence-corrected chi connectivity index (χ0v) is 10.9. The highest BCUT2D eigenvalue weighted by Crippen LogP contribution is 2.49. The van der Waals surface area contributed by atoms with Gasteiger partial charge in [-0.25, -0.2) is 0 Å². The third kappa shape index (κ3) is 2.80. The monoisotopic (exact) mass is 272 g/mol. The largest absolute Gasteiger partial charge is 0.367 e. The summed E-state index contributed by atoms with van der Waals surface area (Å²) in [5.41, 5.74) is 0. The summed E-state index contributed by atoms with van der Waals surface area (Å²) in [5, 5.41) is 11.0. The van der Waals surface area contributed by atoms with Gasteiger partial charge in [-0.15, -0.1) is 10.2 Å². The Morgan fingerprint density at radius 3 is 2.35 bits per heavy atom. The molecule has 2 saturated carbocycles. The molecule has 17 heavy (non-hydrogen) atoms. The SMILES string of the molecule is Clc1nnc(Cl)c(NCC(C2CC2)C2CC2)n1. The van der Waals surface area contributed by atoms with Gasteiger partial charge in [0.25, 0.3) is 0 Å². The topological polar surface area (TPSA) is 50.7 Å². The predicted molar refractivity (Wildman–Crippen MR) is 67.3 cm³/mol. The fourth-order valence-corrected chi connectivity index (χ4v) is 2.66. The van der Waals surface area contributed by atoms with Crippen molar-refractivity contribution in [3.8, 4) is 0 Å². The second-order valence-corrected chi connectivity index (χ2v) is 5.64. The number of rotatable bonds is 5. The molecule has 0 atom stereocenters. The Morgan fingerprint density at radius 2 is 1.76 bits per heavy atom. The normalized spacial score (nSPS) is 19.7. The molecule has 6 heteroatoms. The number of aromatic nitrogens is 3. The Bertz CT molecular complexity index is 406. The zero-order valence-electron chi connectivity index (χ0n) is 9.37.